The van der Waals surface area contributed by atoms with Gasteiger partial charge in [-0.25, -0.2) is 0 Å². The molecule has 0 aromatic rings. The molecule has 3 atom stereocenters. The molecular weight excluding hydrogens is 120 g/mol. The molecule has 2 unspecified atom stereocenters. The van der Waals surface area contributed by atoms with Crippen molar-refractivity contribution in [1.29, 1.82) is 0 Å². The predicted molar refractivity (Wildman–Crippen MR) is 41.6 cm³/mol. The molecule has 54 valence electrons. The monoisotopic (exact) mass is 134 g/mol. The maximum absolute atomic E-state index is 2.59. The van der Waals surface area contributed by atoms with Crippen molar-refractivity contribution in [3.63, 3.8) is 0 Å². The van der Waals surface area contributed by atoms with Crippen LogP contribution in [0, 0.1) is 16.7 Å². The van der Waals surface area contributed by atoms with Crippen LogP contribution in [0.15, 0.2) is 11.6 Å². The van der Waals surface area contributed by atoms with Crippen molar-refractivity contribution in [2.24, 2.45) is 16.7 Å². The molecule has 2 fully saturated rings. The molecule has 2 bridgehead atoms. The van der Waals surface area contributed by atoms with Gasteiger partial charge < -0.3 is 0 Å². The number of allylic oxidation sites excluding steroid dienone is 2. The van der Waals surface area contributed by atoms with E-state index in [4.69, 9.17) is 0 Å². The van der Waals surface area contributed by atoms with Gasteiger partial charge in [0.1, 0.15) is 0 Å². The summed E-state index contributed by atoms with van der Waals surface area (Å²) in [5, 5.41) is 0. The maximum Gasteiger partial charge on any atom is -0.00440 e. The van der Waals surface area contributed by atoms with Gasteiger partial charge in [0.2, 0.25) is 0 Å². The van der Waals surface area contributed by atoms with E-state index in [-0.39, 0.29) is 0 Å². The number of hydrogen-bond donors (Lipinski definition) is 0. The third kappa shape index (κ3) is 0.291. The summed E-state index contributed by atoms with van der Waals surface area (Å²) in [4.78, 5) is 0. The Hall–Kier alpha value is -0.260. The highest BCUT2D eigenvalue weighted by Crippen LogP contribution is 2.86. The zero-order valence-corrected chi connectivity index (χ0v) is 6.78. The maximum atomic E-state index is 2.59. The lowest BCUT2D eigenvalue weighted by molar-refractivity contribution is 0.192. The third-order valence-electron chi connectivity index (χ3n) is 4.35. The van der Waals surface area contributed by atoms with E-state index in [9.17, 15) is 0 Å². The van der Waals surface area contributed by atoms with Crippen LogP contribution < -0.4 is 0 Å². The zero-order chi connectivity index (χ0) is 6.98. The normalized spacial score (nSPS) is 61.0. The molecule has 10 heavy (non-hydrogen) atoms. The first-order valence-corrected chi connectivity index (χ1v) is 4.43. The van der Waals surface area contributed by atoms with Crippen LogP contribution in [0.3, 0.4) is 0 Å². The second-order valence-electron chi connectivity index (χ2n) is 4.58. The minimum atomic E-state index is 0.753. The van der Waals surface area contributed by atoms with Crippen LogP contribution >= 0.6 is 0 Å². The molecule has 1 spiro atoms. The molecule has 0 aromatic heterocycles. The first-order valence-electron chi connectivity index (χ1n) is 4.43. The van der Waals surface area contributed by atoms with Crippen molar-refractivity contribution < 1.29 is 0 Å². The highest BCUT2D eigenvalue weighted by molar-refractivity contribution is 5.46. The van der Waals surface area contributed by atoms with Crippen LogP contribution in [-0.4, -0.2) is 0 Å². The quantitative estimate of drug-likeness (QED) is 0.484. The van der Waals surface area contributed by atoms with Crippen molar-refractivity contribution in [2.45, 2.75) is 33.1 Å². The predicted octanol–water partition coefficient (Wildman–Crippen LogP) is 2.75. The Kier molecular flexibility index (Phi) is 0.598. The van der Waals surface area contributed by atoms with Crippen LogP contribution in [0.5, 0.6) is 0 Å². The number of rotatable bonds is 1. The molecule has 2 saturated carbocycles. The lowest BCUT2D eigenvalue weighted by Gasteiger charge is -2.33. The fourth-order valence-corrected chi connectivity index (χ4v) is 3.46. The molecule has 0 amide bonds. The molecule has 0 aromatic carbocycles. The molecule has 4 rings (SSSR count). The standard InChI is InChI=1S/C10H14/c1-3-7-4-10-5-8(7)9(10,2)6-10/h4,8H,3,5-6H2,1-2H3/t8?,9?,10-/m0/s1. The Labute approximate surface area is 62.3 Å². The van der Waals surface area contributed by atoms with E-state index in [0.29, 0.717) is 0 Å². The molecule has 4 aliphatic rings. The molecule has 0 nitrogen and oxygen atoms in total. The van der Waals surface area contributed by atoms with E-state index < -0.39 is 0 Å². The van der Waals surface area contributed by atoms with Gasteiger partial charge in [-0.3, -0.25) is 0 Å². The molecule has 4 aliphatic carbocycles. The molecular formula is C10H14. The van der Waals surface area contributed by atoms with Crippen LogP contribution in [0.25, 0.3) is 0 Å². The van der Waals surface area contributed by atoms with Crippen molar-refractivity contribution in [2.75, 3.05) is 0 Å². The van der Waals surface area contributed by atoms with Gasteiger partial charge >= 0.3 is 0 Å². The van der Waals surface area contributed by atoms with E-state index in [1.165, 1.54) is 19.3 Å². The second-order valence-corrected chi connectivity index (χ2v) is 4.58. The van der Waals surface area contributed by atoms with Gasteiger partial charge in [-0.05, 0) is 36.0 Å². The van der Waals surface area contributed by atoms with Crippen molar-refractivity contribution >= 4 is 0 Å². The summed E-state index contributed by atoms with van der Waals surface area (Å²) in [5.41, 5.74) is 3.30. The van der Waals surface area contributed by atoms with E-state index in [1.807, 2.05) is 0 Å². The third-order valence-corrected chi connectivity index (χ3v) is 4.35. The van der Waals surface area contributed by atoms with Crippen molar-refractivity contribution in [3.05, 3.63) is 11.6 Å². The van der Waals surface area contributed by atoms with Gasteiger partial charge in [0, 0.05) is 0 Å². The first-order chi connectivity index (χ1) is 4.72. The fourth-order valence-electron chi connectivity index (χ4n) is 3.46. The molecule has 0 aliphatic heterocycles. The van der Waals surface area contributed by atoms with Crippen molar-refractivity contribution in [1.82, 2.24) is 0 Å². The molecule has 0 heteroatoms. The van der Waals surface area contributed by atoms with Gasteiger partial charge in [0.15, 0.2) is 0 Å². The van der Waals surface area contributed by atoms with Gasteiger partial charge in [0.05, 0.1) is 0 Å². The SMILES string of the molecule is CCC1=C[C@@]23CC1C2(C)C3. The minimum absolute atomic E-state index is 0.753. The minimum Gasteiger partial charge on any atom is -0.0782 e. The first kappa shape index (κ1) is 5.40. The molecule has 0 saturated heterocycles. The second kappa shape index (κ2) is 1.11. The van der Waals surface area contributed by atoms with E-state index in [1.54, 1.807) is 5.57 Å². The molecule has 0 heterocycles. The smallest absolute Gasteiger partial charge is 0.00440 e. The summed E-state index contributed by atoms with van der Waals surface area (Å²) < 4.78 is 0. The lowest BCUT2D eigenvalue weighted by atomic mass is 9.70. The summed E-state index contributed by atoms with van der Waals surface area (Å²) in [6.45, 7) is 4.77. The summed E-state index contributed by atoms with van der Waals surface area (Å²) in [7, 11) is 0. The highest BCUT2D eigenvalue weighted by atomic mass is 14.8. The summed E-state index contributed by atoms with van der Waals surface area (Å²) in [6, 6.07) is 0. The van der Waals surface area contributed by atoms with Gasteiger partial charge in [0.25, 0.3) is 0 Å². The lowest BCUT2D eigenvalue weighted by Crippen LogP contribution is -2.27. The summed E-state index contributed by atoms with van der Waals surface area (Å²) >= 11 is 0. The Bertz CT molecular complexity index is 238. The Morgan fingerprint density at radius 2 is 2.50 bits per heavy atom. The summed E-state index contributed by atoms with van der Waals surface area (Å²) in [6.07, 6.45) is 6.92. The van der Waals surface area contributed by atoms with E-state index in [2.05, 4.69) is 19.9 Å². The van der Waals surface area contributed by atoms with Crippen LogP contribution in [0.2, 0.25) is 0 Å². The Morgan fingerprint density at radius 1 is 1.70 bits per heavy atom. The Morgan fingerprint density at radius 3 is 2.80 bits per heavy atom. The largest absolute Gasteiger partial charge is 0.0782 e. The molecule has 0 radical (unpaired) electrons. The van der Waals surface area contributed by atoms with E-state index >= 15 is 0 Å². The topological polar surface area (TPSA) is 0 Å². The average Bonchev–Trinajstić information content (AvgIpc) is 2.38. The van der Waals surface area contributed by atoms with E-state index in [0.717, 1.165) is 16.7 Å². The van der Waals surface area contributed by atoms with Gasteiger partial charge in [-0.1, -0.05) is 25.5 Å². The van der Waals surface area contributed by atoms with Crippen LogP contribution in [0.1, 0.15) is 33.1 Å². The fraction of sp³-hybridized carbons (Fsp3) is 0.800. The summed E-state index contributed by atoms with van der Waals surface area (Å²) in [5.74, 6) is 1.01. The van der Waals surface area contributed by atoms with Crippen LogP contribution in [0.4, 0.5) is 0 Å². The zero-order valence-electron chi connectivity index (χ0n) is 6.78. The Balaban J connectivity index is 2.04. The van der Waals surface area contributed by atoms with Crippen LogP contribution in [-0.2, 0) is 0 Å². The number of hydrogen-bond acceptors (Lipinski definition) is 0. The van der Waals surface area contributed by atoms with Gasteiger partial charge in [-0.15, -0.1) is 0 Å². The van der Waals surface area contributed by atoms with Gasteiger partial charge in [-0.2, -0.15) is 0 Å². The average molecular weight is 134 g/mol. The molecule has 0 N–H and O–H groups in total. The van der Waals surface area contributed by atoms with Crippen molar-refractivity contribution in [3.8, 4) is 0 Å². The highest BCUT2D eigenvalue weighted by Gasteiger charge is 2.78.